The molecule has 0 spiro atoms. The molecule has 1 unspecified atom stereocenters. The second-order valence-electron chi connectivity index (χ2n) is 4.27. The summed E-state index contributed by atoms with van der Waals surface area (Å²) in [6.07, 6.45) is 3.24. The Kier molecular flexibility index (Phi) is 4.15. The lowest BCUT2D eigenvalue weighted by Gasteiger charge is -2.39. The third-order valence-corrected chi connectivity index (χ3v) is 3.19. The molecule has 1 aliphatic heterocycles. The Morgan fingerprint density at radius 1 is 1.41 bits per heavy atom. The maximum absolute atomic E-state index is 8.92. The molecular formula is C11H17ClN4O. The molecule has 5 nitrogen and oxygen atoms in total. The summed E-state index contributed by atoms with van der Waals surface area (Å²) < 4.78 is 0. The molecule has 1 fully saturated rings. The predicted molar refractivity (Wildman–Crippen MR) is 67.4 cm³/mol. The zero-order valence-electron chi connectivity index (χ0n) is 9.88. The summed E-state index contributed by atoms with van der Waals surface area (Å²) in [5.41, 5.74) is 0. The fourth-order valence-corrected chi connectivity index (χ4v) is 2.23. The molecule has 1 aliphatic rings. The summed E-state index contributed by atoms with van der Waals surface area (Å²) in [5.74, 6) is 0.727. The Hall–Kier alpha value is -0.910. The first-order valence-corrected chi connectivity index (χ1v) is 6.16. The van der Waals surface area contributed by atoms with E-state index < -0.39 is 0 Å². The van der Waals surface area contributed by atoms with Crippen LogP contribution < -0.4 is 4.90 Å². The molecule has 0 bridgehead atoms. The van der Waals surface area contributed by atoms with E-state index in [1.807, 2.05) is 0 Å². The normalized spacial score (nSPS) is 21.8. The van der Waals surface area contributed by atoms with Crippen LogP contribution in [0.4, 0.5) is 5.95 Å². The highest BCUT2D eigenvalue weighted by molar-refractivity contribution is 6.30. The first kappa shape index (κ1) is 12.5. The molecule has 1 aromatic rings. The molecule has 2 rings (SSSR count). The van der Waals surface area contributed by atoms with Crippen molar-refractivity contribution in [1.29, 1.82) is 0 Å². The van der Waals surface area contributed by atoms with Crippen molar-refractivity contribution in [2.75, 3.05) is 37.7 Å². The van der Waals surface area contributed by atoms with Crippen LogP contribution in [-0.2, 0) is 0 Å². The maximum Gasteiger partial charge on any atom is 0.225 e. The number of hydrogen-bond acceptors (Lipinski definition) is 5. The van der Waals surface area contributed by atoms with Crippen molar-refractivity contribution < 1.29 is 5.11 Å². The maximum atomic E-state index is 8.92. The van der Waals surface area contributed by atoms with Gasteiger partial charge < -0.3 is 10.0 Å². The lowest BCUT2D eigenvalue weighted by molar-refractivity contribution is 0.173. The van der Waals surface area contributed by atoms with Crippen LogP contribution >= 0.6 is 11.6 Å². The van der Waals surface area contributed by atoms with E-state index in [-0.39, 0.29) is 6.61 Å². The fourth-order valence-electron chi connectivity index (χ4n) is 2.13. The average Bonchev–Trinajstić information content (AvgIpc) is 2.31. The van der Waals surface area contributed by atoms with E-state index in [2.05, 4.69) is 26.7 Å². The zero-order chi connectivity index (χ0) is 12.3. The minimum Gasteiger partial charge on any atom is -0.395 e. The van der Waals surface area contributed by atoms with Crippen molar-refractivity contribution in [1.82, 2.24) is 14.9 Å². The van der Waals surface area contributed by atoms with Crippen molar-refractivity contribution >= 4 is 17.5 Å². The van der Waals surface area contributed by atoms with Gasteiger partial charge in [0.25, 0.3) is 0 Å². The smallest absolute Gasteiger partial charge is 0.225 e. The Balaban J connectivity index is 2.01. The number of nitrogens with zero attached hydrogens (tertiary/aromatic N) is 4. The summed E-state index contributed by atoms with van der Waals surface area (Å²) in [5, 5.41) is 9.48. The molecule has 0 aliphatic carbocycles. The molecule has 94 valence electrons. The van der Waals surface area contributed by atoms with Gasteiger partial charge in [0.2, 0.25) is 5.95 Å². The molecule has 0 amide bonds. The van der Waals surface area contributed by atoms with Crippen molar-refractivity contribution in [3.8, 4) is 0 Å². The summed E-state index contributed by atoms with van der Waals surface area (Å²) in [6.45, 7) is 5.82. The van der Waals surface area contributed by atoms with Crippen LogP contribution in [0.5, 0.6) is 0 Å². The van der Waals surface area contributed by atoms with Gasteiger partial charge in [-0.05, 0) is 6.92 Å². The Labute approximate surface area is 106 Å². The number of hydrogen-bond donors (Lipinski definition) is 1. The average molecular weight is 257 g/mol. The van der Waals surface area contributed by atoms with Crippen molar-refractivity contribution in [2.24, 2.45) is 0 Å². The quantitative estimate of drug-likeness (QED) is 0.860. The predicted octanol–water partition coefficient (Wildman–Crippen LogP) is 0.633. The minimum absolute atomic E-state index is 0.212. The highest BCUT2D eigenvalue weighted by Crippen LogP contribution is 2.16. The summed E-state index contributed by atoms with van der Waals surface area (Å²) >= 11 is 5.77. The van der Waals surface area contributed by atoms with E-state index in [0.29, 0.717) is 11.1 Å². The number of anilines is 1. The topological polar surface area (TPSA) is 52.5 Å². The van der Waals surface area contributed by atoms with Crippen molar-refractivity contribution in [2.45, 2.75) is 13.0 Å². The lowest BCUT2D eigenvalue weighted by atomic mass is 10.2. The first-order chi connectivity index (χ1) is 8.20. The third kappa shape index (κ3) is 3.06. The van der Waals surface area contributed by atoms with Gasteiger partial charge in [0.1, 0.15) is 0 Å². The van der Waals surface area contributed by atoms with E-state index in [1.54, 1.807) is 12.4 Å². The molecule has 1 N–H and O–H groups in total. The van der Waals surface area contributed by atoms with E-state index in [1.165, 1.54) is 0 Å². The number of piperazine rings is 1. The summed E-state index contributed by atoms with van der Waals surface area (Å²) in [7, 11) is 0. The molecule has 0 saturated carbocycles. The van der Waals surface area contributed by atoms with E-state index >= 15 is 0 Å². The largest absolute Gasteiger partial charge is 0.395 e. The summed E-state index contributed by atoms with van der Waals surface area (Å²) in [4.78, 5) is 12.9. The van der Waals surface area contributed by atoms with Gasteiger partial charge in [0, 0.05) is 32.2 Å². The molecular weight excluding hydrogens is 240 g/mol. The van der Waals surface area contributed by atoms with E-state index in [9.17, 15) is 0 Å². The second-order valence-corrected chi connectivity index (χ2v) is 4.70. The molecule has 17 heavy (non-hydrogen) atoms. The van der Waals surface area contributed by atoms with Crippen LogP contribution in [0.3, 0.4) is 0 Å². The van der Waals surface area contributed by atoms with Crippen LogP contribution in [0.2, 0.25) is 5.02 Å². The van der Waals surface area contributed by atoms with Gasteiger partial charge in [0.05, 0.1) is 24.0 Å². The third-order valence-electron chi connectivity index (χ3n) is 2.99. The van der Waals surface area contributed by atoms with E-state index in [0.717, 1.165) is 32.1 Å². The summed E-state index contributed by atoms with van der Waals surface area (Å²) in [6, 6.07) is 0.344. The molecule has 6 heteroatoms. The Morgan fingerprint density at radius 3 is 2.71 bits per heavy atom. The highest BCUT2D eigenvalue weighted by Gasteiger charge is 2.24. The second kappa shape index (κ2) is 5.62. The van der Waals surface area contributed by atoms with Crippen LogP contribution in [-0.4, -0.2) is 58.8 Å². The number of rotatable bonds is 3. The van der Waals surface area contributed by atoms with Crippen LogP contribution in [0, 0.1) is 0 Å². The van der Waals surface area contributed by atoms with Gasteiger partial charge in [-0.2, -0.15) is 0 Å². The fraction of sp³-hybridized carbons (Fsp3) is 0.636. The molecule has 2 heterocycles. The SMILES string of the molecule is CC1CN(CCO)CCN1c1ncc(Cl)cn1. The van der Waals surface area contributed by atoms with Gasteiger partial charge in [-0.15, -0.1) is 0 Å². The number of aromatic nitrogens is 2. The lowest BCUT2D eigenvalue weighted by Crippen LogP contribution is -2.53. The number of β-amino-alcohol motifs (C(OH)–C–C–N with tert-alkyl or cyclic N) is 1. The van der Waals surface area contributed by atoms with Gasteiger partial charge in [0.15, 0.2) is 0 Å². The standard InChI is InChI=1S/C11H17ClN4O/c1-9-8-15(4-5-17)2-3-16(9)11-13-6-10(12)7-14-11/h6-7,9,17H,2-5,8H2,1H3. The molecule has 0 radical (unpaired) electrons. The van der Waals surface area contributed by atoms with Gasteiger partial charge in [-0.25, -0.2) is 9.97 Å². The van der Waals surface area contributed by atoms with Gasteiger partial charge in [-0.1, -0.05) is 11.6 Å². The van der Waals surface area contributed by atoms with Crippen molar-refractivity contribution in [3.63, 3.8) is 0 Å². The number of halogens is 1. The van der Waals surface area contributed by atoms with Crippen molar-refractivity contribution in [3.05, 3.63) is 17.4 Å². The molecule has 1 atom stereocenters. The highest BCUT2D eigenvalue weighted by atomic mass is 35.5. The Bertz CT molecular complexity index is 359. The molecule has 0 aromatic carbocycles. The van der Waals surface area contributed by atoms with Crippen LogP contribution in [0.25, 0.3) is 0 Å². The van der Waals surface area contributed by atoms with Crippen LogP contribution in [0.15, 0.2) is 12.4 Å². The monoisotopic (exact) mass is 256 g/mol. The van der Waals surface area contributed by atoms with E-state index in [4.69, 9.17) is 16.7 Å². The first-order valence-electron chi connectivity index (χ1n) is 5.78. The zero-order valence-corrected chi connectivity index (χ0v) is 10.6. The van der Waals surface area contributed by atoms with Gasteiger partial charge >= 0.3 is 0 Å². The number of aliphatic hydroxyl groups is 1. The minimum atomic E-state index is 0.212. The number of aliphatic hydroxyl groups excluding tert-OH is 1. The molecule has 1 saturated heterocycles. The molecule has 1 aromatic heterocycles. The van der Waals surface area contributed by atoms with Gasteiger partial charge in [-0.3, -0.25) is 4.90 Å². The van der Waals surface area contributed by atoms with Crippen LogP contribution in [0.1, 0.15) is 6.92 Å². The Morgan fingerprint density at radius 2 is 2.12 bits per heavy atom.